The van der Waals surface area contributed by atoms with Crippen LogP contribution in [-0.2, 0) is 16.1 Å². The second-order valence-electron chi connectivity index (χ2n) is 13.2. The van der Waals surface area contributed by atoms with Crippen LogP contribution in [0.15, 0.2) is 110 Å². The first kappa shape index (κ1) is 44.0. The Hall–Kier alpha value is -5.45. The van der Waals surface area contributed by atoms with Gasteiger partial charge in [0.05, 0.1) is 12.4 Å². The second kappa shape index (κ2) is 27.2. The summed E-state index contributed by atoms with van der Waals surface area (Å²) in [6, 6.07) is 10.0. The highest BCUT2D eigenvalue weighted by Crippen LogP contribution is 2.24. The molecular weight excluding hydrogens is 689 g/mol. The van der Waals surface area contributed by atoms with Gasteiger partial charge >= 0.3 is 6.09 Å². The minimum Gasteiger partial charge on any atom is -0.447 e. The third-order valence-corrected chi connectivity index (χ3v) is 8.37. The lowest BCUT2D eigenvalue weighted by atomic mass is 10.2. The zero-order chi connectivity index (χ0) is 39.4. The molecule has 55 heavy (non-hydrogen) atoms. The molecule has 0 saturated heterocycles. The zero-order valence-corrected chi connectivity index (χ0v) is 33.3. The number of anilines is 2. The van der Waals surface area contributed by atoms with Crippen molar-refractivity contribution in [2.75, 3.05) is 30.3 Å². The van der Waals surface area contributed by atoms with Crippen LogP contribution in [0.1, 0.15) is 97.1 Å². The zero-order valence-electron chi connectivity index (χ0n) is 33.3. The third kappa shape index (κ3) is 18.4. The molecule has 2 aromatic heterocycles. The van der Waals surface area contributed by atoms with E-state index in [0.29, 0.717) is 49.6 Å². The molecule has 1 atom stereocenters. The summed E-state index contributed by atoms with van der Waals surface area (Å²) in [5.41, 5.74) is 2.54. The predicted octanol–water partition coefficient (Wildman–Crippen LogP) is 9.53. The molecule has 2 amide bonds. The lowest BCUT2D eigenvalue weighted by Crippen LogP contribution is -2.36. The van der Waals surface area contributed by atoms with E-state index in [2.05, 4.69) is 126 Å². The Morgan fingerprint density at radius 3 is 1.98 bits per heavy atom. The van der Waals surface area contributed by atoms with Gasteiger partial charge in [-0.05, 0) is 70.8 Å². The number of benzene rings is 1. The average molecular weight is 751 g/mol. The summed E-state index contributed by atoms with van der Waals surface area (Å²) in [7, 11) is 0. The molecule has 4 N–H and O–H groups in total. The van der Waals surface area contributed by atoms with Gasteiger partial charge < -0.3 is 30.6 Å². The van der Waals surface area contributed by atoms with Crippen molar-refractivity contribution in [3.05, 3.63) is 115 Å². The quantitative estimate of drug-likeness (QED) is 0.0471. The molecule has 0 aliphatic carbocycles. The number of nitrogens with one attached hydrogen (secondary N) is 4. The fourth-order valence-corrected chi connectivity index (χ4v) is 5.24. The molecule has 2 heterocycles. The van der Waals surface area contributed by atoms with E-state index in [4.69, 9.17) is 14.7 Å². The van der Waals surface area contributed by atoms with Crippen LogP contribution in [0.25, 0.3) is 11.2 Å². The number of ether oxygens (including phenoxy) is 1. The molecule has 3 aromatic rings. The fraction of sp³-hybridized carbons (Fsp3) is 0.432. The highest BCUT2D eigenvalue weighted by molar-refractivity contribution is 5.84. The molecule has 3 rings (SSSR count). The summed E-state index contributed by atoms with van der Waals surface area (Å²) in [6.07, 6.45) is 34.7. The first-order valence-electron chi connectivity index (χ1n) is 19.8. The van der Waals surface area contributed by atoms with Crippen LogP contribution in [0.3, 0.4) is 0 Å². The number of carbonyl (C=O) groups excluding carboxylic acids is 2. The third-order valence-electron chi connectivity index (χ3n) is 8.37. The standard InChI is InChI=1S/C44H62N8O3/c1-5-7-8-9-10-11-12-13-14-15-16-17-18-19-20-21-22-23-27-30-39(53)45-31-32-46-44(54)55-34-38(6-2)49-43-50-41(47-33-37-28-25-24-26-29-37)40-42(51-43)52(35-48-40)36(3)4/h7-8,10-11,13-14,16-17,19-20,22-26,28-29,35-36,38H,5-6,9,12,15,18,21,27,30-34H2,1-4H3,(H,45,53)(H,46,54)(H2,47,49,50,51)/b8-7-,11-10-,14-13-,17-16-,20-19-,23-22-/t38-/m1/s1. The van der Waals surface area contributed by atoms with Gasteiger partial charge in [0.2, 0.25) is 11.9 Å². The maximum atomic E-state index is 12.4. The van der Waals surface area contributed by atoms with Crippen molar-refractivity contribution in [3.8, 4) is 0 Å². The van der Waals surface area contributed by atoms with E-state index in [1.54, 1.807) is 6.33 Å². The number of imidazole rings is 1. The minimum absolute atomic E-state index is 0.0571. The number of fused-ring (bicyclic) bond motifs is 1. The fourth-order valence-electron chi connectivity index (χ4n) is 5.24. The second-order valence-corrected chi connectivity index (χ2v) is 13.2. The number of aromatic nitrogens is 4. The van der Waals surface area contributed by atoms with Gasteiger partial charge in [-0.15, -0.1) is 0 Å². The van der Waals surface area contributed by atoms with Crippen LogP contribution >= 0.6 is 0 Å². The summed E-state index contributed by atoms with van der Waals surface area (Å²) in [4.78, 5) is 38.7. The van der Waals surface area contributed by atoms with Crippen molar-refractivity contribution in [2.24, 2.45) is 0 Å². The van der Waals surface area contributed by atoms with Crippen molar-refractivity contribution in [2.45, 2.75) is 104 Å². The molecule has 1 aromatic carbocycles. The summed E-state index contributed by atoms with van der Waals surface area (Å²) in [6.45, 7) is 9.61. The summed E-state index contributed by atoms with van der Waals surface area (Å²) >= 11 is 0. The molecule has 0 spiro atoms. The van der Waals surface area contributed by atoms with Gasteiger partial charge in [-0.3, -0.25) is 4.79 Å². The number of hydrogen-bond donors (Lipinski definition) is 4. The SMILES string of the molecule is CC/C=C\C/C=C\C/C=C\C/C=C\C/C=C\C/C=C\CCC(=O)NCCNC(=O)OC[C@@H](CC)Nc1nc(NCc2ccccc2)c2ncn(C(C)C)c2n1. The average Bonchev–Trinajstić information content (AvgIpc) is 3.63. The summed E-state index contributed by atoms with van der Waals surface area (Å²) in [5.74, 6) is 0.995. The Bertz CT molecular complexity index is 1720. The van der Waals surface area contributed by atoms with Crippen LogP contribution < -0.4 is 21.3 Å². The van der Waals surface area contributed by atoms with Crippen LogP contribution in [-0.4, -0.2) is 57.3 Å². The van der Waals surface area contributed by atoms with E-state index in [1.165, 1.54) is 0 Å². The normalized spacial score (nSPS) is 12.7. The summed E-state index contributed by atoms with van der Waals surface area (Å²) in [5, 5.41) is 12.3. The van der Waals surface area contributed by atoms with Crippen molar-refractivity contribution >= 4 is 34.9 Å². The van der Waals surface area contributed by atoms with E-state index in [9.17, 15) is 9.59 Å². The molecule has 0 radical (unpaired) electrons. The molecule has 0 saturated carbocycles. The Labute approximate surface area is 328 Å². The number of rotatable bonds is 26. The van der Waals surface area contributed by atoms with E-state index < -0.39 is 6.09 Å². The van der Waals surface area contributed by atoms with Gasteiger partial charge in [-0.2, -0.15) is 9.97 Å². The lowest BCUT2D eigenvalue weighted by Gasteiger charge is -2.18. The highest BCUT2D eigenvalue weighted by atomic mass is 16.5. The molecule has 296 valence electrons. The molecule has 11 heteroatoms. The molecule has 0 bridgehead atoms. The van der Waals surface area contributed by atoms with Gasteiger partial charge in [0.15, 0.2) is 17.0 Å². The van der Waals surface area contributed by atoms with Crippen molar-refractivity contribution in [1.82, 2.24) is 30.2 Å². The predicted molar refractivity (Wildman–Crippen MR) is 227 cm³/mol. The molecule has 0 aliphatic heterocycles. The smallest absolute Gasteiger partial charge is 0.407 e. The molecule has 11 nitrogen and oxygen atoms in total. The maximum Gasteiger partial charge on any atom is 0.407 e. The first-order valence-corrected chi connectivity index (χ1v) is 19.8. The molecule has 0 unspecified atom stereocenters. The highest BCUT2D eigenvalue weighted by Gasteiger charge is 2.18. The minimum atomic E-state index is -0.549. The molecular formula is C44H62N8O3. The Morgan fingerprint density at radius 1 is 0.782 bits per heavy atom. The van der Waals surface area contributed by atoms with E-state index >= 15 is 0 Å². The van der Waals surface area contributed by atoms with Crippen LogP contribution in [0.4, 0.5) is 16.6 Å². The van der Waals surface area contributed by atoms with Gasteiger partial charge in [0.1, 0.15) is 6.61 Å². The van der Waals surface area contributed by atoms with Crippen LogP contribution in [0, 0.1) is 0 Å². The van der Waals surface area contributed by atoms with Crippen LogP contribution in [0.5, 0.6) is 0 Å². The molecule has 0 fully saturated rings. The Balaban J connectivity index is 1.27. The number of amides is 2. The van der Waals surface area contributed by atoms with Crippen molar-refractivity contribution < 1.29 is 14.3 Å². The maximum absolute atomic E-state index is 12.4. The molecule has 0 aliphatic rings. The number of alkyl carbamates (subject to hydrolysis) is 1. The van der Waals surface area contributed by atoms with Crippen molar-refractivity contribution in [1.29, 1.82) is 0 Å². The van der Waals surface area contributed by atoms with Gasteiger partial charge in [0.25, 0.3) is 0 Å². The van der Waals surface area contributed by atoms with E-state index in [-0.39, 0.29) is 31.1 Å². The first-order chi connectivity index (χ1) is 26.9. The number of allylic oxidation sites excluding steroid dienone is 12. The van der Waals surface area contributed by atoms with E-state index in [0.717, 1.165) is 49.7 Å². The Morgan fingerprint density at radius 2 is 1.38 bits per heavy atom. The number of nitrogens with zero attached hydrogens (tertiary/aromatic N) is 4. The van der Waals surface area contributed by atoms with Gasteiger partial charge in [0, 0.05) is 32.1 Å². The van der Waals surface area contributed by atoms with E-state index in [1.807, 2.05) is 35.8 Å². The topological polar surface area (TPSA) is 135 Å². The van der Waals surface area contributed by atoms with Crippen LogP contribution in [0.2, 0.25) is 0 Å². The number of hydrogen-bond acceptors (Lipinski definition) is 8. The monoisotopic (exact) mass is 750 g/mol. The van der Waals surface area contributed by atoms with Gasteiger partial charge in [-0.25, -0.2) is 9.78 Å². The Kier molecular flexibility index (Phi) is 21.7. The lowest BCUT2D eigenvalue weighted by molar-refractivity contribution is -0.120. The number of carbonyl (C=O) groups is 2. The van der Waals surface area contributed by atoms with Gasteiger partial charge in [-0.1, -0.05) is 117 Å². The van der Waals surface area contributed by atoms with Crippen molar-refractivity contribution in [3.63, 3.8) is 0 Å². The summed E-state index contributed by atoms with van der Waals surface area (Å²) < 4.78 is 7.48. The largest absolute Gasteiger partial charge is 0.447 e.